The molecule has 0 saturated carbocycles. The molecule has 0 atom stereocenters. The van der Waals surface area contributed by atoms with E-state index in [-0.39, 0.29) is 13.2 Å². The Kier molecular flexibility index (Phi) is 7.76. The number of ether oxygens (including phenoxy) is 4. The lowest BCUT2D eigenvalue weighted by atomic mass is 10.1. The molecule has 3 aromatic rings. The van der Waals surface area contributed by atoms with Gasteiger partial charge in [-0.3, -0.25) is 0 Å². The topological polar surface area (TPSA) is 76.0 Å². The molecular weight excluding hydrogens is 410 g/mol. The summed E-state index contributed by atoms with van der Waals surface area (Å²) < 4.78 is 23.3. The van der Waals surface area contributed by atoms with Gasteiger partial charge in [0.25, 0.3) is 0 Å². The van der Waals surface area contributed by atoms with Gasteiger partial charge in [-0.05, 0) is 62.7 Å². The summed E-state index contributed by atoms with van der Waals surface area (Å²) in [7, 11) is 1.62. The minimum absolute atomic E-state index is 0.192. The normalized spacial score (nSPS) is 10.8. The number of fused-ring (bicyclic) bond motifs is 1. The van der Waals surface area contributed by atoms with E-state index in [1.807, 2.05) is 48.7 Å². The molecule has 2 aromatic carbocycles. The first-order valence-electron chi connectivity index (χ1n) is 10.7. The first-order valence-corrected chi connectivity index (χ1v) is 10.7. The van der Waals surface area contributed by atoms with Gasteiger partial charge in [0.2, 0.25) is 0 Å². The third-order valence-electron chi connectivity index (χ3n) is 5.10. The quantitative estimate of drug-likeness (QED) is 0.332. The van der Waals surface area contributed by atoms with Crippen molar-refractivity contribution in [3.8, 4) is 17.2 Å². The summed E-state index contributed by atoms with van der Waals surface area (Å²) in [4.78, 5) is 24.7. The van der Waals surface area contributed by atoms with E-state index in [1.165, 1.54) is 0 Å². The molecule has 0 aliphatic carbocycles. The molecular formula is C25H29NO6. The zero-order valence-corrected chi connectivity index (χ0v) is 19.0. The summed E-state index contributed by atoms with van der Waals surface area (Å²) in [5, 5.41) is 0.689. The number of hydrogen-bond acceptors (Lipinski definition) is 6. The molecule has 0 amide bonds. The number of rotatable bonds is 10. The molecule has 32 heavy (non-hydrogen) atoms. The van der Waals surface area contributed by atoms with Crippen LogP contribution < -0.4 is 9.47 Å². The molecule has 1 aromatic heterocycles. The fourth-order valence-electron chi connectivity index (χ4n) is 3.53. The molecule has 1 heterocycles. The number of hydrogen-bond donors (Lipinski definition) is 0. The molecule has 3 rings (SSSR count). The van der Waals surface area contributed by atoms with E-state index in [0.29, 0.717) is 23.3 Å². The largest absolute Gasteiger partial charge is 0.497 e. The molecule has 0 aliphatic rings. The Morgan fingerprint density at radius 2 is 1.69 bits per heavy atom. The van der Waals surface area contributed by atoms with Crippen molar-refractivity contribution in [2.75, 3.05) is 26.9 Å². The predicted octanol–water partition coefficient (Wildman–Crippen LogP) is 4.85. The number of unbranched alkanes of at least 4 members (excludes halogenated alkanes) is 1. The van der Waals surface area contributed by atoms with Gasteiger partial charge in [0, 0.05) is 16.8 Å². The van der Waals surface area contributed by atoms with Gasteiger partial charge < -0.3 is 23.5 Å². The van der Waals surface area contributed by atoms with Crippen LogP contribution in [0.1, 0.15) is 42.7 Å². The summed E-state index contributed by atoms with van der Waals surface area (Å²) >= 11 is 0. The number of benzene rings is 2. The van der Waals surface area contributed by atoms with Crippen molar-refractivity contribution in [3.63, 3.8) is 0 Å². The lowest BCUT2D eigenvalue weighted by Gasteiger charge is -2.10. The van der Waals surface area contributed by atoms with E-state index in [2.05, 4.69) is 0 Å². The van der Waals surface area contributed by atoms with E-state index < -0.39 is 11.9 Å². The van der Waals surface area contributed by atoms with Crippen molar-refractivity contribution in [2.24, 2.45) is 0 Å². The van der Waals surface area contributed by atoms with Gasteiger partial charge in [-0.25, -0.2) is 9.59 Å². The molecule has 7 nitrogen and oxygen atoms in total. The highest BCUT2D eigenvalue weighted by Gasteiger charge is 2.22. The van der Waals surface area contributed by atoms with Gasteiger partial charge in [-0.15, -0.1) is 0 Å². The number of methoxy groups -OCH3 is 1. The molecule has 0 radical (unpaired) electrons. The first-order chi connectivity index (χ1) is 15.5. The summed E-state index contributed by atoms with van der Waals surface area (Å²) in [6.45, 7) is 6.14. The Bertz CT molecular complexity index is 1080. The van der Waals surface area contributed by atoms with E-state index in [9.17, 15) is 9.59 Å². The monoisotopic (exact) mass is 439 g/mol. The maximum Gasteiger partial charge on any atom is 0.344 e. The third-order valence-corrected chi connectivity index (χ3v) is 5.10. The number of aromatic nitrogens is 1. The number of esters is 2. The SMILES string of the molecule is CCCCOC(=O)COc1ccc2c(c1)c(C(=O)OCC)c(C)n2-c1ccc(OC)cc1. The van der Waals surface area contributed by atoms with Crippen LogP contribution in [0.2, 0.25) is 0 Å². The van der Waals surface area contributed by atoms with Crippen molar-refractivity contribution >= 4 is 22.8 Å². The van der Waals surface area contributed by atoms with Crippen LogP contribution in [0.5, 0.6) is 11.5 Å². The Hall–Kier alpha value is -3.48. The van der Waals surface area contributed by atoms with Crippen molar-refractivity contribution in [3.05, 3.63) is 53.7 Å². The lowest BCUT2D eigenvalue weighted by molar-refractivity contribution is -0.146. The summed E-state index contributed by atoms with van der Waals surface area (Å²) in [6, 6.07) is 13.0. The second kappa shape index (κ2) is 10.7. The van der Waals surface area contributed by atoms with Gasteiger partial charge in [0.1, 0.15) is 11.5 Å². The molecule has 0 unspecified atom stereocenters. The highest BCUT2D eigenvalue weighted by Crippen LogP contribution is 2.33. The molecule has 0 aliphatic heterocycles. The van der Waals surface area contributed by atoms with Crippen LogP contribution in [0, 0.1) is 6.92 Å². The molecule has 0 bridgehead atoms. The summed E-state index contributed by atoms with van der Waals surface area (Å²) in [5.41, 5.74) is 2.93. The van der Waals surface area contributed by atoms with E-state index in [4.69, 9.17) is 18.9 Å². The van der Waals surface area contributed by atoms with Gasteiger partial charge in [-0.1, -0.05) is 13.3 Å². The van der Waals surface area contributed by atoms with Crippen LogP contribution in [-0.4, -0.2) is 43.4 Å². The van der Waals surface area contributed by atoms with E-state index in [1.54, 1.807) is 26.2 Å². The molecule has 0 fully saturated rings. The molecule has 0 saturated heterocycles. The Labute approximate surface area is 187 Å². The average molecular weight is 440 g/mol. The van der Waals surface area contributed by atoms with Crippen LogP contribution >= 0.6 is 0 Å². The Morgan fingerprint density at radius 1 is 0.969 bits per heavy atom. The highest BCUT2D eigenvalue weighted by atomic mass is 16.6. The smallest absolute Gasteiger partial charge is 0.344 e. The maximum absolute atomic E-state index is 12.8. The fraction of sp³-hybridized carbons (Fsp3) is 0.360. The number of carbonyl (C=O) groups excluding carboxylic acids is 2. The van der Waals surface area contributed by atoms with Crippen LogP contribution in [-0.2, 0) is 14.3 Å². The standard InChI is InChI=1S/C25H29NO6/c1-5-7-14-31-23(27)16-32-20-12-13-22-21(15-20)24(25(28)30-6-2)17(3)26(22)18-8-10-19(29-4)11-9-18/h8-13,15H,5-7,14,16H2,1-4H3. The highest BCUT2D eigenvalue weighted by molar-refractivity contribution is 6.07. The van der Waals surface area contributed by atoms with Crippen molar-refractivity contribution in [1.82, 2.24) is 4.57 Å². The van der Waals surface area contributed by atoms with E-state index in [0.717, 1.165) is 35.5 Å². The number of nitrogens with zero attached hydrogens (tertiary/aromatic N) is 1. The minimum Gasteiger partial charge on any atom is -0.497 e. The van der Waals surface area contributed by atoms with Crippen LogP contribution in [0.25, 0.3) is 16.6 Å². The van der Waals surface area contributed by atoms with Crippen LogP contribution in [0.15, 0.2) is 42.5 Å². The van der Waals surface area contributed by atoms with Crippen molar-refractivity contribution < 1.29 is 28.5 Å². The fourth-order valence-corrected chi connectivity index (χ4v) is 3.53. The minimum atomic E-state index is -0.420. The first kappa shape index (κ1) is 23.2. The number of carbonyl (C=O) groups is 2. The summed E-state index contributed by atoms with van der Waals surface area (Å²) in [5.74, 6) is 0.395. The summed E-state index contributed by atoms with van der Waals surface area (Å²) in [6.07, 6.45) is 1.77. The predicted molar refractivity (Wildman–Crippen MR) is 122 cm³/mol. The van der Waals surface area contributed by atoms with E-state index >= 15 is 0 Å². The Balaban J connectivity index is 1.97. The molecule has 0 N–H and O–H groups in total. The molecule has 170 valence electrons. The second-order valence-corrected chi connectivity index (χ2v) is 7.26. The Morgan fingerprint density at radius 3 is 2.34 bits per heavy atom. The van der Waals surface area contributed by atoms with Crippen LogP contribution in [0.4, 0.5) is 0 Å². The van der Waals surface area contributed by atoms with Gasteiger partial charge >= 0.3 is 11.9 Å². The van der Waals surface area contributed by atoms with Crippen LogP contribution in [0.3, 0.4) is 0 Å². The zero-order valence-electron chi connectivity index (χ0n) is 19.0. The molecule has 0 spiro atoms. The van der Waals surface area contributed by atoms with Crippen molar-refractivity contribution in [2.45, 2.75) is 33.6 Å². The van der Waals surface area contributed by atoms with Gasteiger partial charge in [0.05, 0.1) is 31.4 Å². The van der Waals surface area contributed by atoms with Crippen molar-refractivity contribution in [1.29, 1.82) is 0 Å². The average Bonchev–Trinajstić information content (AvgIpc) is 3.09. The third kappa shape index (κ3) is 5.04. The maximum atomic E-state index is 12.8. The van der Waals surface area contributed by atoms with Gasteiger partial charge in [-0.2, -0.15) is 0 Å². The van der Waals surface area contributed by atoms with Gasteiger partial charge in [0.15, 0.2) is 6.61 Å². The zero-order chi connectivity index (χ0) is 23.1. The lowest BCUT2D eigenvalue weighted by Crippen LogP contribution is -2.15. The molecule has 7 heteroatoms. The second-order valence-electron chi connectivity index (χ2n) is 7.26.